The Labute approximate surface area is 102 Å². The third-order valence-corrected chi connectivity index (χ3v) is 2.85. The van der Waals surface area contributed by atoms with E-state index >= 15 is 0 Å². The van der Waals surface area contributed by atoms with Crippen LogP contribution in [-0.2, 0) is 21.0 Å². The Morgan fingerprint density at radius 1 is 1.35 bits per heavy atom. The van der Waals surface area contributed by atoms with Gasteiger partial charge >= 0.3 is 0 Å². The monoisotopic (exact) mass is 237 g/mol. The molecule has 0 aliphatic heterocycles. The first kappa shape index (κ1) is 13.7. The van der Waals surface area contributed by atoms with Gasteiger partial charge in [-0.2, -0.15) is 0 Å². The van der Waals surface area contributed by atoms with E-state index in [0.29, 0.717) is 13.0 Å². The topological polar surface area (TPSA) is 47.6 Å². The third-order valence-electron chi connectivity index (χ3n) is 2.85. The molecule has 1 rings (SSSR count). The summed E-state index contributed by atoms with van der Waals surface area (Å²) >= 11 is 0. The molecule has 1 unspecified atom stereocenters. The number of rotatable bonds is 6. The number of carbonyl (C=O) groups is 1. The minimum absolute atomic E-state index is 0.265. The Morgan fingerprint density at radius 3 is 2.53 bits per heavy atom. The largest absolute Gasteiger partial charge is 0.369 e. The predicted molar refractivity (Wildman–Crippen MR) is 65.1 cm³/mol. The van der Waals surface area contributed by atoms with Crippen molar-refractivity contribution in [2.45, 2.75) is 32.5 Å². The van der Waals surface area contributed by atoms with Crippen molar-refractivity contribution in [3.63, 3.8) is 0 Å². The lowest BCUT2D eigenvalue weighted by Gasteiger charge is -2.24. The molecule has 1 aromatic carbocycles. The van der Waals surface area contributed by atoms with Crippen LogP contribution in [0.3, 0.4) is 0 Å². The van der Waals surface area contributed by atoms with Crippen LogP contribution in [0, 0.1) is 0 Å². The average Bonchev–Trinajstić information content (AvgIpc) is 2.39. The molecule has 1 amide bonds. The molecule has 0 aliphatic rings. The highest BCUT2D eigenvalue weighted by Crippen LogP contribution is 2.13. The maximum Gasteiger partial charge on any atom is 0.275 e. The maximum atomic E-state index is 11.8. The van der Waals surface area contributed by atoms with E-state index in [1.807, 2.05) is 37.3 Å². The number of hydroxylamine groups is 1. The molecule has 1 atom stereocenters. The normalized spacial score (nSPS) is 14.1. The first-order valence-corrected chi connectivity index (χ1v) is 5.63. The van der Waals surface area contributed by atoms with Crippen LogP contribution in [0.5, 0.6) is 0 Å². The first-order valence-electron chi connectivity index (χ1n) is 5.63. The molecular weight excluding hydrogens is 218 g/mol. The quantitative estimate of drug-likeness (QED) is 0.770. The summed E-state index contributed by atoms with van der Waals surface area (Å²) in [5, 5.41) is 0. The Hall–Kier alpha value is -1.39. The number of amides is 1. The summed E-state index contributed by atoms with van der Waals surface area (Å²) in [5.41, 5.74) is 2.58. The number of hydrogen-bond acceptors (Lipinski definition) is 3. The molecule has 0 fully saturated rings. The van der Waals surface area contributed by atoms with Crippen LogP contribution in [0.1, 0.15) is 25.8 Å². The van der Waals surface area contributed by atoms with Crippen LogP contribution < -0.4 is 5.48 Å². The van der Waals surface area contributed by atoms with Crippen molar-refractivity contribution in [3.05, 3.63) is 35.9 Å². The molecular formula is C13H19NO3. The number of benzene rings is 1. The van der Waals surface area contributed by atoms with E-state index in [1.54, 1.807) is 6.92 Å². The van der Waals surface area contributed by atoms with Crippen LogP contribution in [-0.4, -0.2) is 18.6 Å². The van der Waals surface area contributed by atoms with Crippen molar-refractivity contribution in [1.82, 2.24) is 5.48 Å². The Balaban J connectivity index is 2.39. The smallest absolute Gasteiger partial charge is 0.275 e. The molecule has 0 bridgehead atoms. The Bertz CT molecular complexity index is 347. The maximum absolute atomic E-state index is 11.8. The number of ether oxygens (including phenoxy) is 1. The van der Waals surface area contributed by atoms with Gasteiger partial charge in [-0.05, 0) is 18.9 Å². The molecule has 0 saturated heterocycles. The van der Waals surface area contributed by atoms with E-state index in [-0.39, 0.29) is 5.91 Å². The van der Waals surface area contributed by atoms with Gasteiger partial charge in [-0.1, -0.05) is 37.3 Å². The minimum Gasteiger partial charge on any atom is -0.369 e. The lowest BCUT2D eigenvalue weighted by Crippen LogP contribution is -2.45. The molecule has 0 heterocycles. The second-order valence-corrected chi connectivity index (χ2v) is 3.99. The summed E-state index contributed by atoms with van der Waals surface area (Å²) in [6.07, 6.45) is 0.587. The molecule has 4 heteroatoms. The van der Waals surface area contributed by atoms with E-state index in [2.05, 4.69) is 5.48 Å². The molecule has 17 heavy (non-hydrogen) atoms. The minimum atomic E-state index is -0.837. The first-order chi connectivity index (χ1) is 8.12. The van der Waals surface area contributed by atoms with Gasteiger partial charge in [-0.3, -0.25) is 9.63 Å². The lowest BCUT2D eigenvalue weighted by molar-refractivity contribution is -0.156. The van der Waals surface area contributed by atoms with Gasteiger partial charge in [-0.15, -0.1) is 0 Å². The van der Waals surface area contributed by atoms with Gasteiger partial charge in [0.25, 0.3) is 5.91 Å². The van der Waals surface area contributed by atoms with Crippen molar-refractivity contribution >= 4 is 5.91 Å². The zero-order valence-electron chi connectivity index (χ0n) is 10.5. The van der Waals surface area contributed by atoms with E-state index in [1.165, 1.54) is 7.11 Å². The highest BCUT2D eigenvalue weighted by Gasteiger charge is 2.31. The molecule has 0 saturated carbocycles. The van der Waals surface area contributed by atoms with E-state index in [9.17, 15) is 4.79 Å². The highest BCUT2D eigenvalue weighted by atomic mass is 16.7. The van der Waals surface area contributed by atoms with Gasteiger partial charge in [-0.25, -0.2) is 5.48 Å². The number of methoxy groups -OCH3 is 1. The van der Waals surface area contributed by atoms with Crippen molar-refractivity contribution < 1.29 is 14.4 Å². The van der Waals surface area contributed by atoms with Crippen molar-refractivity contribution in [2.24, 2.45) is 0 Å². The summed E-state index contributed by atoms with van der Waals surface area (Å²) in [6.45, 7) is 3.96. The molecule has 0 spiro atoms. The van der Waals surface area contributed by atoms with Gasteiger partial charge in [0.05, 0.1) is 6.61 Å². The molecule has 94 valence electrons. The van der Waals surface area contributed by atoms with Crippen LogP contribution >= 0.6 is 0 Å². The van der Waals surface area contributed by atoms with Gasteiger partial charge < -0.3 is 4.74 Å². The Kier molecular flexibility index (Phi) is 5.12. The second kappa shape index (κ2) is 6.37. The summed E-state index contributed by atoms with van der Waals surface area (Å²) in [5.74, 6) is -0.265. The molecule has 0 radical (unpaired) electrons. The summed E-state index contributed by atoms with van der Waals surface area (Å²) in [6, 6.07) is 9.64. The van der Waals surface area contributed by atoms with Gasteiger partial charge in [0, 0.05) is 7.11 Å². The SMILES string of the molecule is CCC(C)(OC)C(=O)NOCc1ccccc1. The molecule has 1 N–H and O–H groups in total. The fraction of sp³-hybridized carbons (Fsp3) is 0.462. The fourth-order valence-electron chi connectivity index (χ4n) is 1.26. The summed E-state index contributed by atoms with van der Waals surface area (Å²) in [4.78, 5) is 16.9. The van der Waals surface area contributed by atoms with E-state index in [0.717, 1.165) is 5.56 Å². The number of hydrogen-bond donors (Lipinski definition) is 1. The summed E-state index contributed by atoms with van der Waals surface area (Å²) < 4.78 is 5.16. The zero-order valence-corrected chi connectivity index (χ0v) is 10.5. The highest BCUT2D eigenvalue weighted by molar-refractivity contribution is 5.83. The zero-order chi connectivity index (χ0) is 12.7. The van der Waals surface area contributed by atoms with Crippen LogP contribution in [0.2, 0.25) is 0 Å². The molecule has 4 nitrogen and oxygen atoms in total. The van der Waals surface area contributed by atoms with Gasteiger partial charge in [0.15, 0.2) is 0 Å². The number of nitrogens with one attached hydrogen (secondary N) is 1. The van der Waals surface area contributed by atoms with Gasteiger partial charge in [0.1, 0.15) is 5.60 Å². The summed E-state index contributed by atoms with van der Waals surface area (Å²) in [7, 11) is 1.51. The molecule has 0 aliphatic carbocycles. The van der Waals surface area contributed by atoms with Crippen LogP contribution in [0.4, 0.5) is 0 Å². The lowest BCUT2D eigenvalue weighted by atomic mass is 10.0. The van der Waals surface area contributed by atoms with Crippen molar-refractivity contribution in [1.29, 1.82) is 0 Å². The van der Waals surface area contributed by atoms with Crippen LogP contribution in [0.15, 0.2) is 30.3 Å². The Morgan fingerprint density at radius 2 is 2.00 bits per heavy atom. The van der Waals surface area contributed by atoms with Crippen molar-refractivity contribution in [3.8, 4) is 0 Å². The van der Waals surface area contributed by atoms with Crippen LogP contribution in [0.25, 0.3) is 0 Å². The second-order valence-electron chi connectivity index (χ2n) is 3.99. The standard InChI is InChI=1S/C13H19NO3/c1-4-13(2,16-3)12(15)14-17-10-11-8-6-5-7-9-11/h5-9H,4,10H2,1-3H3,(H,14,15). The van der Waals surface area contributed by atoms with E-state index < -0.39 is 5.60 Å². The van der Waals surface area contributed by atoms with Crippen molar-refractivity contribution in [2.75, 3.05) is 7.11 Å². The average molecular weight is 237 g/mol. The van der Waals surface area contributed by atoms with E-state index in [4.69, 9.17) is 9.57 Å². The number of carbonyl (C=O) groups excluding carboxylic acids is 1. The molecule has 0 aromatic heterocycles. The predicted octanol–water partition coefficient (Wildman–Crippen LogP) is 2.05. The molecule has 1 aromatic rings. The van der Waals surface area contributed by atoms with Gasteiger partial charge in [0.2, 0.25) is 0 Å². The fourth-order valence-corrected chi connectivity index (χ4v) is 1.26. The third kappa shape index (κ3) is 3.84.